The van der Waals surface area contributed by atoms with E-state index in [-0.39, 0.29) is 47.3 Å². The van der Waals surface area contributed by atoms with Gasteiger partial charge in [-0.05, 0) is 42.0 Å². The van der Waals surface area contributed by atoms with Gasteiger partial charge in [0.25, 0.3) is 11.8 Å². The predicted octanol–water partition coefficient (Wildman–Crippen LogP) is 5.00. The number of hydrogen-bond acceptors (Lipinski definition) is 5. The number of hydrogen-bond donors (Lipinski definition) is 2. The Morgan fingerprint density at radius 2 is 1.62 bits per heavy atom. The Morgan fingerprint density at radius 3 is 2.30 bits per heavy atom. The highest BCUT2D eigenvalue weighted by atomic mass is 35.5. The first-order valence-electron chi connectivity index (χ1n) is 11.8. The van der Waals surface area contributed by atoms with E-state index in [0.29, 0.717) is 5.69 Å². The number of aromatic nitrogens is 3. The Bertz CT molecular complexity index is 1460. The number of carbonyl (C=O) groups excluding carboxylic acids is 2. The van der Waals surface area contributed by atoms with Crippen LogP contribution in [-0.2, 0) is 24.5 Å². The molecule has 0 bridgehead atoms. The fourth-order valence-electron chi connectivity index (χ4n) is 3.64. The summed E-state index contributed by atoms with van der Waals surface area (Å²) in [6.45, 7) is -1.55. The molecule has 0 radical (unpaired) electrons. The van der Waals surface area contributed by atoms with Crippen LogP contribution in [0.25, 0.3) is 5.69 Å². The van der Waals surface area contributed by atoms with Gasteiger partial charge in [0.15, 0.2) is 5.69 Å². The summed E-state index contributed by atoms with van der Waals surface area (Å²) < 4.78 is 58.6. The van der Waals surface area contributed by atoms with Gasteiger partial charge in [0.2, 0.25) is 0 Å². The Hall–Kier alpha value is -4.29. The molecular weight excluding hydrogens is 554 g/mol. The van der Waals surface area contributed by atoms with Gasteiger partial charge < -0.3 is 15.4 Å². The summed E-state index contributed by atoms with van der Waals surface area (Å²) in [5.74, 6) is -2.14. The third-order valence-corrected chi connectivity index (χ3v) is 5.99. The number of nitrogens with one attached hydrogen (secondary N) is 2. The van der Waals surface area contributed by atoms with Crippen molar-refractivity contribution in [1.82, 2.24) is 25.6 Å². The molecule has 0 spiro atoms. The van der Waals surface area contributed by atoms with Crippen LogP contribution in [0.1, 0.15) is 37.7 Å². The average molecular weight is 576 g/mol. The van der Waals surface area contributed by atoms with Crippen molar-refractivity contribution in [2.24, 2.45) is 0 Å². The number of nitrogens with zero attached hydrogens (tertiary/aromatic N) is 3. The monoisotopic (exact) mass is 575 g/mol. The maximum atomic E-state index is 14.2. The van der Waals surface area contributed by atoms with Gasteiger partial charge in [-0.25, -0.2) is 9.07 Å². The molecule has 2 amide bonds. The number of carbonyl (C=O) groups is 2. The molecule has 2 N–H and O–H groups in total. The lowest BCUT2D eigenvalue weighted by Gasteiger charge is -2.11. The molecule has 1 heterocycles. The highest BCUT2D eigenvalue weighted by Crippen LogP contribution is 2.20. The number of alkyl halides is 3. The number of amides is 2. The summed E-state index contributed by atoms with van der Waals surface area (Å²) in [4.78, 5) is 25.1. The quantitative estimate of drug-likeness (QED) is 0.259. The molecule has 208 valence electrons. The van der Waals surface area contributed by atoms with Gasteiger partial charge in [-0.3, -0.25) is 9.59 Å². The minimum Gasteiger partial charge on any atom is -0.370 e. The molecule has 3 aromatic carbocycles. The molecule has 0 atom stereocenters. The zero-order valence-electron chi connectivity index (χ0n) is 20.7. The van der Waals surface area contributed by atoms with Crippen molar-refractivity contribution in [1.29, 1.82) is 0 Å². The third-order valence-electron chi connectivity index (χ3n) is 5.64. The Balaban J connectivity index is 1.55. The van der Waals surface area contributed by atoms with E-state index in [9.17, 15) is 27.2 Å². The van der Waals surface area contributed by atoms with E-state index in [1.165, 1.54) is 47.1 Å². The maximum Gasteiger partial charge on any atom is 0.405 e. The van der Waals surface area contributed by atoms with Gasteiger partial charge in [0, 0.05) is 22.7 Å². The number of halogens is 5. The van der Waals surface area contributed by atoms with E-state index in [1.54, 1.807) is 5.32 Å². The summed E-state index contributed by atoms with van der Waals surface area (Å²) >= 11 is 6.05. The molecule has 0 aliphatic rings. The molecular formula is C27H22ClF4N5O3. The molecule has 4 aromatic rings. The van der Waals surface area contributed by atoms with Gasteiger partial charge in [0.05, 0.1) is 18.9 Å². The van der Waals surface area contributed by atoms with E-state index in [1.807, 2.05) is 30.3 Å². The van der Waals surface area contributed by atoms with Crippen LogP contribution < -0.4 is 10.6 Å². The minimum absolute atomic E-state index is 0.00488. The summed E-state index contributed by atoms with van der Waals surface area (Å²) in [7, 11) is 0. The summed E-state index contributed by atoms with van der Waals surface area (Å²) in [5, 5.41) is 12.6. The first-order chi connectivity index (χ1) is 19.1. The van der Waals surface area contributed by atoms with Crippen LogP contribution in [0.4, 0.5) is 17.6 Å². The van der Waals surface area contributed by atoms with Gasteiger partial charge in [-0.15, -0.1) is 5.10 Å². The van der Waals surface area contributed by atoms with Crippen LogP contribution in [0.5, 0.6) is 0 Å². The van der Waals surface area contributed by atoms with E-state index >= 15 is 0 Å². The van der Waals surface area contributed by atoms with Crippen LogP contribution in [0, 0.1) is 5.82 Å². The standard InChI is InChI=1S/C27H22ClF4N5O3/c28-21-7-4-8-22(29)20(21)13-33-26(39)24-23(15-40-14-17-5-2-1-3-6-17)37(36-35-24)19-11-9-18(10-12-19)25(38)34-16-27(30,31)32/h1-12H,13-16H2,(H,33,39)(H,34,38). The molecule has 40 heavy (non-hydrogen) atoms. The normalized spacial score (nSPS) is 11.3. The summed E-state index contributed by atoms with van der Waals surface area (Å²) in [6, 6.07) is 19.0. The van der Waals surface area contributed by atoms with E-state index in [4.69, 9.17) is 16.3 Å². The molecule has 0 saturated heterocycles. The molecule has 0 saturated carbocycles. The van der Waals surface area contributed by atoms with Crippen LogP contribution in [0.2, 0.25) is 5.02 Å². The smallest absolute Gasteiger partial charge is 0.370 e. The van der Waals surface area contributed by atoms with Gasteiger partial charge in [-0.1, -0.05) is 53.2 Å². The van der Waals surface area contributed by atoms with E-state index in [2.05, 4.69) is 15.6 Å². The van der Waals surface area contributed by atoms with Gasteiger partial charge in [0.1, 0.15) is 18.1 Å². The molecule has 4 rings (SSSR count). The van der Waals surface area contributed by atoms with Crippen molar-refractivity contribution in [2.75, 3.05) is 6.54 Å². The maximum absolute atomic E-state index is 14.2. The SMILES string of the molecule is O=C(NCC(F)(F)F)c1ccc(-n2nnc(C(=O)NCc3c(F)cccc3Cl)c2COCc2ccccc2)cc1. The third kappa shape index (κ3) is 7.42. The second-order valence-corrected chi connectivity index (χ2v) is 8.91. The second-order valence-electron chi connectivity index (χ2n) is 8.50. The minimum atomic E-state index is -4.54. The van der Waals surface area contributed by atoms with Crippen molar-refractivity contribution in [3.63, 3.8) is 0 Å². The van der Waals surface area contributed by atoms with Crippen LogP contribution in [0.3, 0.4) is 0 Å². The largest absolute Gasteiger partial charge is 0.405 e. The zero-order valence-corrected chi connectivity index (χ0v) is 21.5. The topological polar surface area (TPSA) is 98.1 Å². The van der Waals surface area contributed by atoms with Crippen molar-refractivity contribution >= 4 is 23.4 Å². The Morgan fingerprint density at radius 1 is 0.900 bits per heavy atom. The number of benzene rings is 3. The fourth-order valence-corrected chi connectivity index (χ4v) is 3.87. The zero-order chi connectivity index (χ0) is 28.7. The molecule has 8 nitrogen and oxygen atoms in total. The van der Waals surface area contributed by atoms with E-state index in [0.717, 1.165) is 5.56 Å². The molecule has 0 aliphatic heterocycles. The lowest BCUT2D eigenvalue weighted by atomic mass is 10.2. The highest BCUT2D eigenvalue weighted by Gasteiger charge is 2.28. The molecule has 0 fully saturated rings. The molecule has 13 heteroatoms. The molecule has 0 unspecified atom stereocenters. The molecule has 1 aromatic heterocycles. The summed E-state index contributed by atoms with van der Waals surface area (Å²) in [5.41, 5.74) is 1.51. The first-order valence-corrected chi connectivity index (χ1v) is 12.2. The Kier molecular flexibility index (Phi) is 9.12. The summed E-state index contributed by atoms with van der Waals surface area (Å²) in [6.07, 6.45) is -4.54. The Labute approximate surface area is 230 Å². The van der Waals surface area contributed by atoms with Crippen molar-refractivity contribution in [3.8, 4) is 5.69 Å². The number of ether oxygens (including phenoxy) is 1. The van der Waals surface area contributed by atoms with Crippen molar-refractivity contribution in [2.45, 2.75) is 25.9 Å². The van der Waals surface area contributed by atoms with Crippen molar-refractivity contribution in [3.05, 3.63) is 112 Å². The van der Waals surface area contributed by atoms with Crippen molar-refractivity contribution < 1.29 is 31.9 Å². The van der Waals surface area contributed by atoms with Gasteiger partial charge in [-0.2, -0.15) is 13.2 Å². The van der Waals surface area contributed by atoms with Gasteiger partial charge >= 0.3 is 6.18 Å². The van der Waals surface area contributed by atoms with Crippen LogP contribution in [-0.4, -0.2) is 39.5 Å². The molecule has 0 aliphatic carbocycles. The number of rotatable bonds is 10. The predicted molar refractivity (Wildman–Crippen MR) is 137 cm³/mol. The second kappa shape index (κ2) is 12.7. The lowest BCUT2D eigenvalue weighted by molar-refractivity contribution is -0.123. The van der Waals surface area contributed by atoms with Crippen LogP contribution >= 0.6 is 11.6 Å². The fraction of sp³-hybridized carbons (Fsp3) is 0.185. The first kappa shape index (κ1) is 28.7. The highest BCUT2D eigenvalue weighted by molar-refractivity contribution is 6.31. The van der Waals surface area contributed by atoms with E-state index < -0.39 is 30.4 Å². The average Bonchev–Trinajstić information content (AvgIpc) is 3.35. The van der Waals surface area contributed by atoms with Crippen LogP contribution in [0.15, 0.2) is 72.8 Å². The lowest BCUT2D eigenvalue weighted by Crippen LogP contribution is -2.33.